The molecule has 2 aromatic rings. The van der Waals surface area contributed by atoms with Crippen LogP contribution in [0.4, 0.5) is 5.69 Å². The van der Waals surface area contributed by atoms with Gasteiger partial charge in [-0.05, 0) is 47.7 Å². The largest absolute Gasteiger partial charge is 0.347 e. The average Bonchev–Trinajstić information content (AvgIpc) is 2.73. The maximum atomic E-state index is 13.3. The molecule has 1 atom stereocenters. The van der Waals surface area contributed by atoms with E-state index in [0.717, 1.165) is 34.4 Å². The predicted octanol–water partition coefficient (Wildman–Crippen LogP) is 3.32. The Morgan fingerprint density at radius 2 is 1.84 bits per heavy atom. The van der Waals surface area contributed by atoms with Crippen LogP contribution in [0, 0.1) is 6.92 Å². The van der Waals surface area contributed by atoms with Gasteiger partial charge < -0.3 is 15.1 Å². The van der Waals surface area contributed by atoms with Crippen LogP contribution in [0.25, 0.3) is 0 Å². The highest BCUT2D eigenvalue weighted by molar-refractivity contribution is 5.91. The van der Waals surface area contributed by atoms with Gasteiger partial charge >= 0.3 is 0 Å². The number of rotatable bonds is 6. The Hall–Kier alpha value is -3.15. The Labute approximate surface area is 184 Å². The van der Waals surface area contributed by atoms with Gasteiger partial charge in [0, 0.05) is 39.2 Å². The van der Waals surface area contributed by atoms with Gasteiger partial charge in [-0.3, -0.25) is 14.4 Å². The van der Waals surface area contributed by atoms with Crippen molar-refractivity contribution in [1.29, 1.82) is 0 Å². The maximum absolute atomic E-state index is 13.3. The van der Waals surface area contributed by atoms with Crippen molar-refractivity contribution < 1.29 is 14.4 Å². The first-order valence-corrected chi connectivity index (χ1v) is 10.8. The van der Waals surface area contributed by atoms with Gasteiger partial charge in [0.1, 0.15) is 6.04 Å². The van der Waals surface area contributed by atoms with Gasteiger partial charge in [-0.2, -0.15) is 0 Å². The van der Waals surface area contributed by atoms with Crippen molar-refractivity contribution in [1.82, 2.24) is 9.80 Å². The fourth-order valence-corrected chi connectivity index (χ4v) is 3.97. The molecule has 6 heteroatoms. The number of hydrogen-bond donors (Lipinski definition) is 1. The standard InChI is InChI=1S/C25H31N3O3/c1-5-8-23(29)26-21-12-11-19-14-22(25(31)27(3)4)28(16-20(19)13-21)24(30)15-18-10-7-6-9-17(18)2/h6-7,9-13,22H,5,8,14-16H2,1-4H3,(H,26,29). The summed E-state index contributed by atoms with van der Waals surface area (Å²) >= 11 is 0. The van der Waals surface area contributed by atoms with Gasteiger partial charge in [-0.1, -0.05) is 37.3 Å². The van der Waals surface area contributed by atoms with E-state index in [0.29, 0.717) is 19.4 Å². The fourth-order valence-electron chi connectivity index (χ4n) is 3.97. The minimum absolute atomic E-state index is 0.0218. The van der Waals surface area contributed by atoms with Crippen LogP contribution < -0.4 is 5.32 Å². The molecule has 0 bridgehead atoms. The highest BCUT2D eigenvalue weighted by Gasteiger charge is 2.35. The van der Waals surface area contributed by atoms with Crippen molar-refractivity contribution >= 4 is 23.4 Å². The molecule has 1 aliphatic heterocycles. The molecule has 0 radical (unpaired) electrons. The summed E-state index contributed by atoms with van der Waals surface area (Å²) in [6.45, 7) is 4.30. The Kier molecular flexibility index (Phi) is 7.10. The predicted molar refractivity (Wildman–Crippen MR) is 122 cm³/mol. The van der Waals surface area contributed by atoms with Crippen molar-refractivity contribution in [2.45, 2.75) is 52.1 Å². The molecule has 3 amide bonds. The van der Waals surface area contributed by atoms with E-state index in [1.165, 1.54) is 0 Å². The average molecular weight is 422 g/mol. The van der Waals surface area contributed by atoms with Crippen molar-refractivity contribution in [3.8, 4) is 0 Å². The number of aryl methyl sites for hydroxylation is 1. The summed E-state index contributed by atoms with van der Waals surface area (Å²) in [5, 5.41) is 2.92. The SMILES string of the molecule is CCCC(=O)Nc1ccc2c(c1)CN(C(=O)Cc1ccccc1C)C(C(=O)N(C)C)C2. The number of nitrogens with zero attached hydrogens (tertiary/aromatic N) is 2. The number of benzene rings is 2. The highest BCUT2D eigenvalue weighted by Crippen LogP contribution is 2.28. The third-order valence-electron chi connectivity index (χ3n) is 5.75. The Morgan fingerprint density at radius 1 is 1.10 bits per heavy atom. The van der Waals surface area contributed by atoms with Crippen molar-refractivity contribution in [3.05, 3.63) is 64.7 Å². The van der Waals surface area contributed by atoms with E-state index in [1.807, 2.05) is 56.3 Å². The van der Waals surface area contributed by atoms with E-state index < -0.39 is 6.04 Å². The topological polar surface area (TPSA) is 69.7 Å². The zero-order chi connectivity index (χ0) is 22.5. The van der Waals surface area contributed by atoms with Crippen LogP contribution in [0.15, 0.2) is 42.5 Å². The molecule has 1 N–H and O–H groups in total. The lowest BCUT2D eigenvalue weighted by Crippen LogP contribution is -2.52. The number of anilines is 1. The first-order chi connectivity index (χ1) is 14.8. The summed E-state index contributed by atoms with van der Waals surface area (Å²) in [6, 6.07) is 13.0. The van der Waals surface area contributed by atoms with E-state index in [1.54, 1.807) is 23.9 Å². The Balaban J connectivity index is 1.88. The van der Waals surface area contributed by atoms with Crippen LogP contribution in [-0.4, -0.2) is 47.7 Å². The Morgan fingerprint density at radius 3 is 2.52 bits per heavy atom. The van der Waals surface area contributed by atoms with E-state index >= 15 is 0 Å². The smallest absolute Gasteiger partial charge is 0.245 e. The molecule has 0 spiro atoms. The molecule has 0 saturated carbocycles. The molecule has 3 rings (SSSR count). The third kappa shape index (κ3) is 5.32. The summed E-state index contributed by atoms with van der Waals surface area (Å²) in [6.07, 6.45) is 1.98. The number of carbonyl (C=O) groups is 3. The lowest BCUT2D eigenvalue weighted by atomic mass is 9.92. The van der Waals surface area contributed by atoms with Crippen LogP contribution in [-0.2, 0) is 33.8 Å². The molecule has 0 saturated heterocycles. The van der Waals surface area contributed by atoms with Crippen LogP contribution in [0.1, 0.15) is 42.0 Å². The molecule has 0 aromatic heterocycles. The van der Waals surface area contributed by atoms with Gasteiger partial charge in [0.15, 0.2) is 0 Å². The maximum Gasteiger partial charge on any atom is 0.245 e. The van der Waals surface area contributed by atoms with Crippen molar-refractivity contribution in [3.63, 3.8) is 0 Å². The lowest BCUT2D eigenvalue weighted by molar-refractivity contribution is -0.145. The first-order valence-electron chi connectivity index (χ1n) is 10.8. The second-order valence-corrected chi connectivity index (χ2v) is 8.36. The molecule has 2 aromatic carbocycles. The fraction of sp³-hybridized carbons (Fsp3) is 0.400. The molecule has 1 unspecified atom stereocenters. The summed E-state index contributed by atoms with van der Waals surface area (Å²) in [7, 11) is 3.43. The second kappa shape index (κ2) is 9.77. The van der Waals surface area contributed by atoms with Gasteiger partial charge in [-0.15, -0.1) is 0 Å². The van der Waals surface area contributed by atoms with Crippen LogP contribution in [0.5, 0.6) is 0 Å². The summed E-state index contributed by atoms with van der Waals surface area (Å²) in [5.41, 5.74) is 4.75. The minimum Gasteiger partial charge on any atom is -0.347 e. The van der Waals surface area contributed by atoms with E-state index in [9.17, 15) is 14.4 Å². The van der Waals surface area contributed by atoms with Gasteiger partial charge in [0.05, 0.1) is 6.42 Å². The quantitative estimate of drug-likeness (QED) is 0.778. The zero-order valence-corrected chi connectivity index (χ0v) is 18.8. The molecule has 6 nitrogen and oxygen atoms in total. The summed E-state index contributed by atoms with van der Waals surface area (Å²) in [4.78, 5) is 41.4. The van der Waals surface area contributed by atoms with Crippen LogP contribution >= 0.6 is 0 Å². The molecule has 164 valence electrons. The zero-order valence-electron chi connectivity index (χ0n) is 18.8. The van der Waals surface area contributed by atoms with E-state index in [2.05, 4.69) is 5.32 Å². The number of likely N-dealkylation sites (N-methyl/N-ethyl adjacent to an activating group) is 1. The normalized spacial score (nSPS) is 15.2. The lowest BCUT2D eigenvalue weighted by Gasteiger charge is -2.37. The summed E-state index contributed by atoms with van der Waals surface area (Å²) in [5.74, 6) is -0.170. The number of nitrogens with one attached hydrogen (secondary N) is 1. The molecular formula is C25H31N3O3. The molecule has 31 heavy (non-hydrogen) atoms. The molecule has 1 aliphatic rings. The number of carbonyl (C=O) groups excluding carboxylic acids is 3. The third-order valence-corrected chi connectivity index (χ3v) is 5.75. The number of fused-ring (bicyclic) bond motifs is 1. The Bertz CT molecular complexity index is 984. The van der Waals surface area contributed by atoms with Gasteiger partial charge in [0.2, 0.25) is 17.7 Å². The number of hydrogen-bond acceptors (Lipinski definition) is 3. The monoisotopic (exact) mass is 421 g/mol. The van der Waals surface area contributed by atoms with Crippen LogP contribution in [0.3, 0.4) is 0 Å². The number of amides is 3. The molecule has 0 aliphatic carbocycles. The van der Waals surface area contributed by atoms with E-state index in [-0.39, 0.29) is 24.1 Å². The van der Waals surface area contributed by atoms with Gasteiger partial charge in [-0.25, -0.2) is 0 Å². The van der Waals surface area contributed by atoms with Crippen molar-refractivity contribution in [2.24, 2.45) is 0 Å². The molecule has 1 heterocycles. The van der Waals surface area contributed by atoms with E-state index in [4.69, 9.17) is 0 Å². The van der Waals surface area contributed by atoms with Crippen LogP contribution in [0.2, 0.25) is 0 Å². The van der Waals surface area contributed by atoms with Gasteiger partial charge in [0.25, 0.3) is 0 Å². The minimum atomic E-state index is -0.528. The molecule has 0 fully saturated rings. The summed E-state index contributed by atoms with van der Waals surface area (Å²) < 4.78 is 0. The molecular weight excluding hydrogens is 390 g/mol. The van der Waals surface area contributed by atoms with Crippen molar-refractivity contribution in [2.75, 3.05) is 19.4 Å². The second-order valence-electron chi connectivity index (χ2n) is 8.36. The highest BCUT2D eigenvalue weighted by atomic mass is 16.2. The first kappa shape index (κ1) is 22.5.